The fourth-order valence-corrected chi connectivity index (χ4v) is 6.22. The Hall–Kier alpha value is -2.18. The molecule has 1 aliphatic rings. The van der Waals surface area contributed by atoms with Gasteiger partial charge in [-0.3, -0.25) is 4.79 Å². The van der Waals surface area contributed by atoms with Gasteiger partial charge in [0.05, 0.1) is 4.90 Å². The van der Waals surface area contributed by atoms with Crippen molar-refractivity contribution in [3.8, 4) is 0 Å². The van der Waals surface area contributed by atoms with E-state index in [0.29, 0.717) is 37.4 Å². The lowest BCUT2D eigenvalue weighted by molar-refractivity contribution is -0.123. The first-order valence-electron chi connectivity index (χ1n) is 10.2. The molecule has 1 fully saturated rings. The Kier molecular flexibility index (Phi) is 6.44. The zero-order chi connectivity index (χ0) is 21.2. The van der Waals surface area contributed by atoms with E-state index in [4.69, 9.17) is 0 Å². The van der Waals surface area contributed by atoms with Crippen molar-refractivity contribution in [1.82, 2.24) is 4.31 Å². The number of sulfonamides is 1. The van der Waals surface area contributed by atoms with Gasteiger partial charge in [0, 0.05) is 31.2 Å². The molecule has 3 rings (SSSR count). The highest BCUT2D eigenvalue weighted by atomic mass is 32.2. The molecule has 29 heavy (non-hydrogen) atoms. The van der Waals surface area contributed by atoms with Gasteiger partial charge in [0.15, 0.2) is 0 Å². The normalized spacial score (nSPS) is 16.0. The van der Waals surface area contributed by atoms with E-state index in [1.54, 1.807) is 9.21 Å². The quantitative estimate of drug-likeness (QED) is 0.741. The van der Waals surface area contributed by atoms with Gasteiger partial charge < -0.3 is 4.90 Å². The van der Waals surface area contributed by atoms with Crippen LogP contribution in [0.15, 0.2) is 47.4 Å². The summed E-state index contributed by atoms with van der Waals surface area (Å²) in [4.78, 5) is 15.3. The molecule has 2 aromatic carbocycles. The van der Waals surface area contributed by atoms with Crippen molar-refractivity contribution in [2.45, 2.75) is 45.4 Å². The van der Waals surface area contributed by atoms with Crippen LogP contribution >= 0.6 is 0 Å². The molecule has 1 heterocycles. The minimum absolute atomic E-state index is 0.0819. The second kappa shape index (κ2) is 8.67. The zero-order valence-corrected chi connectivity index (χ0v) is 18.5. The predicted octanol–water partition coefficient (Wildman–Crippen LogP) is 4.07. The molecule has 0 unspecified atom stereocenters. The molecule has 0 N–H and O–H groups in total. The maximum Gasteiger partial charge on any atom is 0.243 e. The summed E-state index contributed by atoms with van der Waals surface area (Å²) in [6.07, 6.45) is 1.09. The molecule has 1 aliphatic heterocycles. The summed E-state index contributed by atoms with van der Waals surface area (Å²) in [7, 11) is -3.56. The van der Waals surface area contributed by atoms with Crippen LogP contribution in [0, 0.1) is 26.7 Å². The van der Waals surface area contributed by atoms with Gasteiger partial charge in [-0.15, -0.1) is 0 Å². The summed E-state index contributed by atoms with van der Waals surface area (Å²) in [5.74, 6) is -0.0692. The first-order chi connectivity index (χ1) is 13.8. The standard InChI is InChI=1S/C23H30N2O3S/c1-5-25(21-9-7-6-8-10-21)23(26)20-11-13-24(14-12-20)29(27,28)22-18(3)15-17(2)16-19(22)4/h6-10,15-16,20H,5,11-14H2,1-4H3. The summed E-state index contributed by atoms with van der Waals surface area (Å²) >= 11 is 0. The third-order valence-electron chi connectivity index (χ3n) is 5.66. The first kappa shape index (κ1) is 21.5. The first-order valence-corrected chi connectivity index (χ1v) is 11.6. The number of carbonyl (C=O) groups is 1. The molecule has 2 aromatic rings. The van der Waals surface area contributed by atoms with Crippen molar-refractivity contribution in [3.63, 3.8) is 0 Å². The number of carbonyl (C=O) groups excluding carboxylic acids is 1. The lowest BCUT2D eigenvalue weighted by Crippen LogP contribution is -2.44. The molecule has 156 valence electrons. The van der Waals surface area contributed by atoms with Crippen LogP contribution in [-0.4, -0.2) is 38.3 Å². The monoisotopic (exact) mass is 414 g/mol. The lowest BCUT2D eigenvalue weighted by Gasteiger charge is -2.34. The molecule has 0 bridgehead atoms. The summed E-state index contributed by atoms with van der Waals surface area (Å²) in [5.41, 5.74) is 3.51. The molecule has 0 radical (unpaired) electrons. The van der Waals surface area contributed by atoms with Crippen LogP contribution in [0.3, 0.4) is 0 Å². The van der Waals surface area contributed by atoms with E-state index in [0.717, 1.165) is 22.4 Å². The minimum atomic E-state index is -3.56. The van der Waals surface area contributed by atoms with E-state index >= 15 is 0 Å². The van der Waals surface area contributed by atoms with Crippen molar-refractivity contribution in [2.24, 2.45) is 5.92 Å². The molecule has 5 nitrogen and oxygen atoms in total. The predicted molar refractivity (Wildman–Crippen MR) is 117 cm³/mol. The van der Waals surface area contributed by atoms with Gasteiger partial charge in [-0.25, -0.2) is 8.42 Å². The van der Waals surface area contributed by atoms with Gasteiger partial charge in [0.1, 0.15) is 0 Å². The van der Waals surface area contributed by atoms with Crippen molar-refractivity contribution in [2.75, 3.05) is 24.5 Å². The number of piperidine rings is 1. The molecular formula is C23H30N2O3S. The Morgan fingerprint density at radius 3 is 2.10 bits per heavy atom. The number of aryl methyl sites for hydroxylation is 3. The molecule has 6 heteroatoms. The minimum Gasteiger partial charge on any atom is -0.312 e. The van der Waals surface area contributed by atoms with Crippen LogP contribution in [0.5, 0.6) is 0 Å². The van der Waals surface area contributed by atoms with Gasteiger partial charge in [-0.05, 0) is 63.8 Å². The summed E-state index contributed by atoms with van der Waals surface area (Å²) in [5, 5.41) is 0. The Labute approximate surface area is 174 Å². The second-order valence-corrected chi connectivity index (χ2v) is 9.70. The highest BCUT2D eigenvalue weighted by molar-refractivity contribution is 7.89. The fraction of sp³-hybridized carbons (Fsp3) is 0.435. The smallest absolute Gasteiger partial charge is 0.243 e. The molecule has 0 aromatic heterocycles. The number of hydrogen-bond acceptors (Lipinski definition) is 3. The molecule has 0 spiro atoms. The van der Waals surface area contributed by atoms with Crippen LogP contribution in [0.25, 0.3) is 0 Å². The largest absolute Gasteiger partial charge is 0.312 e. The van der Waals surface area contributed by atoms with Crippen molar-refractivity contribution >= 4 is 21.6 Å². The van der Waals surface area contributed by atoms with Crippen LogP contribution in [0.1, 0.15) is 36.5 Å². The van der Waals surface area contributed by atoms with E-state index < -0.39 is 10.0 Å². The number of para-hydroxylation sites is 1. The van der Waals surface area contributed by atoms with E-state index in [-0.39, 0.29) is 11.8 Å². The molecular weight excluding hydrogens is 384 g/mol. The Morgan fingerprint density at radius 2 is 1.59 bits per heavy atom. The fourth-order valence-electron chi connectivity index (χ4n) is 4.34. The average molecular weight is 415 g/mol. The van der Waals surface area contributed by atoms with Crippen LogP contribution in [0.4, 0.5) is 5.69 Å². The number of benzene rings is 2. The molecule has 0 atom stereocenters. The van der Waals surface area contributed by atoms with E-state index in [1.165, 1.54) is 0 Å². The van der Waals surface area contributed by atoms with Gasteiger partial charge in [-0.1, -0.05) is 35.9 Å². The van der Waals surface area contributed by atoms with E-state index in [2.05, 4.69) is 0 Å². The Balaban J connectivity index is 1.74. The topological polar surface area (TPSA) is 57.7 Å². The molecule has 1 amide bonds. The lowest BCUT2D eigenvalue weighted by atomic mass is 9.96. The molecule has 1 saturated heterocycles. The Morgan fingerprint density at radius 1 is 1.03 bits per heavy atom. The highest BCUT2D eigenvalue weighted by Gasteiger charge is 2.35. The number of hydrogen-bond donors (Lipinski definition) is 0. The maximum absolute atomic E-state index is 13.3. The van der Waals surface area contributed by atoms with Gasteiger partial charge >= 0.3 is 0 Å². The van der Waals surface area contributed by atoms with Crippen molar-refractivity contribution < 1.29 is 13.2 Å². The average Bonchev–Trinajstić information content (AvgIpc) is 2.68. The van der Waals surface area contributed by atoms with Crippen LogP contribution in [-0.2, 0) is 14.8 Å². The Bertz CT molecular complexity index is 955. The van der Waals surface area contributed by atoms with Crippen molar-refractivity contribution in [1.29, 1.82) is 0 Å². The highest BCUT2D eigenvalue weighted by Crippen LogP contribution is 2.30. The van der Waals surface area contributed by atoms with Crippen LogP contribution < -0.4 is 4.90 Å². The summed E-state index contributed by atoms with van der Waals surface area (Å²) < 4.78 is 28.1. The SMILES string of the molecule is CCN(C(=O)C1CCN(S(=O)(=O)c2c(C)cc(C)cc2C)CC1)c1ccccc1. The number of anilines is 1. The zero-order valence-electron chi connectivity index (χ0n) is 17.7. The second-order valence-electron chi connectivity index (χ2n) is 7.82. The van der Waals surface area contributed by atoms with Gasteiger partial charge in [0.25, 0.3) is 0 Å². The van der Waals surface area contributed by atoms with Gasteiger partial charge in [-0.2, -0.15) is 4.31 Å². The van der Waals surface area contributed by atoms with Crippen molar-refractivity contribution in [3.05, 3.63) is 59.2 Å². The number of nitrogens with zero attached hydrogens (tertiary/aromatic N) is 2. The molecule has 0 saturated carbocycles. The van der Waals surface area contributed by atoms with E-state index in [9.17, 15) is 13.2 Å². The summed E-state index contributed by atoms with van der Waals surface area (Å²) in [6.45, 7) is 8.98. The number of amides is 1. The molecule has 0 aliphatic carbocycles. The van der Waals surface area contributed by atoms with E-state index in [1.807, 2.05) is 70.2 Å². The third kappa shape index (κ3) is 4.38. The van der Waals surface area contributed by atoms with Crippen LogP contribution in [0.2, 0.25) is 0 Å². The summed E-state index contributed by atoms with van der Waals surface area (Å²) in [6, 6.07) is 13.5. The third-order valence-corrected chi connectivity index (χ3v) is 7.86. The van der Waals surface area contributed by atoms with Gasteiger partial charge in [0.2, 0.25) is 15.9 Å². The number of rotatable bonds is 5. The maximum atomic E-state index is 13.3.